The number of hydrogen-bond acceptors (Lipinski definition) is 5. The number of nitrogen functional groups attached to an aromatic ring is 1. The fourth-order valence-corrected chi connectivity index (χ4v) is 5.08. The Balaban J connectivity index is 1.28. The van der Waals surface area contributed by atoms with Gasteiger partial charge in [0.25, 0.3) is 5.91 Å². The summed E-state index contributed by atoms with van der Waals surface area (Å²) < 4.78 is 33.5. The van der Waals surface area contributed by atoms with Crippen molar-refractivity contribution < 1.29 is 18.3 Å². The third-order valence-corrected chi connectivity index (χ3v) is 7.09. The van der Waals surface area contributed by atoms with Gasteiger partial charge in [-0.2, -0.15) is 0 Å². The molecule has 6 nitrogen and oxygen atoms in total. The molecule has 5 rings (SSSR count). The molecule has 3 heterocycles. The van der Waals surface area contributed by atoms with Crippen molar-refractivity contribution in [3.05, 3.63) is 77.5 Å². The van der Waals surface area contributed by atoms with E-state index < -0.39 is 11.6 Å². The van der Waals surface area contributed by atoms with Gasteiger partial charge in [0.15, 0.2) is 11.6 Å². The molecule has 1 amide bonds. The Kier molecular flexibility index (Phi) is 7.13. The van der Waals surface area contributed by atoms with Crippen LogP contribution in [0, 0.1) is 11.6 Å². The molecule has 2 aromatic carbocycles. The number of carbonyl (C=O) groups is 1. The highest BCUT2D eigenvalue weighted by Crippen LogP contribution is 2.29. The monoisotopic (exact) mass is 492 g/mol. The lowest BCUT2D eigenvalue weighted by Gasteiger charge is -2.28. The predicted molar refractivity (Wildman–Crippen MR) is 135 cm³/mol. The van der Waals surface area contributed by atoms with Crippen molar-refractivity contribution in [1.82, 2.24) is 14.8 Å². The third-order valence-electron chi connectivity index (χ3n) is 7.09. The molecular formula is C28H30F2N4O2. The Hall–Kier alpha value is -3.52. The average Bonchev–Trinajstić information content (AvgIpc) is 3.57. The first-order valence-corrected chi connectivity index (χ1v) is 12.4. The fraction of sp³-hybridized carbons (Fsp3) is 0.357. The zero-order valence-electron chi connectivity index (χ0n) is 20.1. The Morgan fingerprint density at radius 1 is 1.00 bits per heavy atom. The van der Waals surface area contributed by atoms with E-state index in [0.29, 0.717) is 5.56 Å². The molecule has 2 fully saturated rings. The Morgan fingerprint density at radius 3 is 2.44 bits per heavy atom. The van der Waals surface area contributed by atoms with E-state index in [1.807, 2.05) is 29.2 Å². The minimum absolute atomic E-state index is 0.0645. The van der Waals surface area contributed by atoms with Gasteiger partial charge < -0.3 is 20.3 Å². The molecule has 0 unspecified atom stereocenters. The van der Waals surface area contributed by atoms with Crippen molar-refractivity contribution in [1.29, 1.82) is 0 Å². The number of amides is 1. The number of aromatic nitrogens is 1. The summed E-state index contributed by atoms with van der Waals surface area (Å²) in [6.07, 6.45) is 6.19. The summed E-state index contributed by atoms with van der Waals surface area (Å²) in [5, 5.41) is 0. The number of likely N-dealkylation sites (tertiary alicyclic amines) is 2. The van der Waals surface area contributed by atoms with E-state index >= 15 is 0 Å². The van der Waals surface area contributed by atoms with Crippen LogP contribution in [0.1, 0.15) is 41.6 Å². The van der Waals surface area contributed by atoms with E-state index in [-0.39, 0.29) is 35.7 Å². The summed E-state index contributed by atoms with van der Waals surface area (Å²) >= 11 is 0. The number of carbonyl (C=O) groups excluding carboxylic acids is 1. The van der Waals surface area contributed by atoms with Gasteiger partial charge in [0.05, 0.1) is 5.56 Å². The van der Waals surface area contributed by atoms with E-state index in [1.54, 1.807) is 12.3 Å². The number of hydrogen-bond donors (Lipinski definition) is 1. The number of pyridine rings is 1. The van der Waals surface area contributed by atoms with Crippen LogP contribution in [0.25, 0.3) is 11.1 Å². The van der Waals surface area contributed by atoms with E-state index in [4.69, 9.17) is 10.5 Å². The number of halogens is 2. The van der Waals surface area contributed by atoms with Gasteiger partial charge in [-0.1, -0.05) is 18.2 Å². The van der Waals surface area contributed by atoms with E-state index in [9.17, 15) is 13.6 Å². The van der Waals surface area contributed by atoms with Crippen LogP contribution in [0.15, 0.2) is 54.7 Å². The SMILES string of the molecule is Nc1ncc(-c2ccc(C(=O)N3CCC[C@H]3CN3CCCC3)cc2)cc1OCc1c(F)cccc1F. The number of ether oxygens (including phenoxy) is 1. The normalized spacial score (nSPS) is 18.1. The molecule has 1 atom stereocenters. The lowest BCUT2D eigenvalue weighted by Crippen LogP contribution is -2.42. The first kappa shape index (κ1) is 24.2. The molecule has 0 bridgehead atoms. The molecule has 1 aromatic heterocycles. The lowest BCUT2D eigenvalue weighted by molar-refractivity contribution is 0.0709. The van der Waals surface area contributed by atoms with Gasteiger partial charge in [-0.15, -0.1) is 0 Å². The topological polar surface area (TPSA) is 71.7 Å². The van der Waals surface area contributed by atoms with Gasteiger partial charge in [0.2, 0.25) is 0 Å². The number of nitrogens with zero attached hydrogens (tertiary/aromatic N) is 3. The minimum Gasteiger partial charge on any atom is -0.485 e. The maximum atomic E-state index is 13.9. The molecule has 2 saturated heterocycles. The second-order valence-electron chi connectivity index (χ2n) is 9.48. The molecule has 0 spiro atoms. The summed E-state index contributed by atoms with van der Waals surface area (Å²) in [5.74, 6) is -0.940. The first-order valence-electron chi connectivity index (χ1n) is 12.4. The smallest absolute Gasteiger partial charge is 0.254 e. The maximum absolute atomic E-state index is 13.9. The minimum atomic E-state index is -0.682. The third kappa shape index (κ3) is 5.18. The predicted octanol–water partition coefficient (Wildman–Crippen LogP) is 4.89. The Morgan fingerprint density at radius 2 is 1.72 bits per heavy atom. The molecule has 8 heteroatoms. The van der Waals surface area contributed by atoms with Crippen molar-refractivity contribution >= 4 is 11.7 Å². The molecule has 0 radical (unpaired) electrons. The highest BCUT2D eigenvalue weighted by molar-refractivity contribution is 5.95. The average molecular weight is 493 g/mol. The van der Waals surface area contributed by atoms with Crippen LogP contribution in [-0.2, 0) is 6.61 Å². The summed E-state index contributed by atoms with van der Waals surface area (Å²) in [7, 11) is 0. The van der Waals surface area contributed by atoms with Crippen molar-refractivity contribution in [3.63, 3.8) is 0 Å². The van der Waals surface area contributed by atoms with Crippen molar-refractivity contribution in [2.75, 3.05) is 31.9 Å². The quantitative estimate of drug-likeness (QED) is 0.509. The number of nitrogens with two attached hydrogens (primary N) is 1. The van der Waals surface area contributed by atoms with Crippen LogP contribution < -0.4 is 10.5 Å². The molecule has 2 N–H and O–H groups in total. The summed E-state index contributed by atoms with van der Waals surface area (Å²) in [5.41, 5.74) is 7.97. The molecule has 3 aromatic rings. The lowest BCUT2D eigenvalue weighted by atomic mass is 10.0. The van der Waals surface area contributed by atoms with Gasteiger partial charge in [-0.05, 0) is 74.7 Å². The fourth-order valence-electron chi connectivity index (χ4n) is 5.08. The maximum Gasteiger partial charge on any atom is 0.254 e. The highest BCUT2D eigenvalue weighted by atomic mass is 19.1. The number of rotatable bonds is 7. The molecule has 36 heavy (non-hydrogen) atoms. The molecule has 2 aliphatic rings. The van der Waals surface area contributed by atoms with E-state index in [1.165, 1.54) is 31.0 Å². The Bertz CT molecular complexity index is 1210. The Labute approximate surface area is 209 Å². The molecule has 0 aliphatic carbocycles. The van der Waals surface area contributed by atoms with Crippen LogP contribution in [0.4, 0.5) is 14.6 Å². The van der Waals surface area contributed by atoms with Gasteiger partial charge >= 0.3 is 0 Å². The van der Waals surface area contributed by atoms with E-state index in [2.05, 4.69) is 9.88 Å². The van der Waals surface area contributed by atoms with Crippen molar-refractivity contribution in [2.24, 2.45) is 0 Å². The van der Waals surface area contributed by atoms with E-state index in [0.717, 1.165) is 50.1 Å². The van der Waals surface area contributed by atoms with Crippen molar-refractivity contribution in [3.8, 4) is 16.9 Å². The van der Waals surface area contributed by atoms with Crippen LogP contribution in [-0.4, -0.2) is 52.9 Å². The van der Waals surface area contributed by atoms with Gasteiger partial charge in [0.1, 0.15) is 18.2 Å². The molecule has 0 saturated carbocycles. The second-order valence-corrected chi connectivity index (χ2v) is 9.48. The number of benzene rings is 2. The standard InChI is InChI=1S/C28H30F2N4O2/c29-24-6-3-7-25(30)23(24)18-36-26-15-21(16-32-27(26)31)19-8-10-20(11-9-19)28(35)34-14-4-5-22(34)17-33-12-1-2-13-33/h3,6-11,15-16,22H,1-2,4-5,12-14,17-18H2,(H2,31,32)/t22-/m0/s1. The summed E-state index contributed by atoms with van der Waals surface area (Å²) in [6, 6.07) is 13.0. The van der Waals surface area contributed by atoms with Crippen LogP contribution >= 0.6 is 0 Å². The van der Waals surface area contributed by atoms with Crippen LogP contribution in [0.3, 0.4) is 0 Å². The molecule has 2 aliphatic heterocycles. The summed E-state index contributed by atoms with van der Waals surface area (Å²) in [6.45, 7) is 3.70. The second kappa shape index (κ2) is 10.6. The largest absolute Gasteiger partial charge is 0.485 e. The van der Waals surface area contributed by atoms with Crippen LogP contribution in [0.5, 0.6) is 5.75 Å². The van der Waals surface area contributed by atoms with Gasteiger partial charge in [-0.3, -0.25) is 4.79 Å². The summed E-state index contributed by atoms with van der Waals surface area (Å²) in [4.78, 5) is 21.9. The number of anilines is 1. The van der Waals surface area contributed by atoms with Crippen molar-refractivity contribution in [2.45, 2.75) is 38.3 Å². The molecular weight excluding hydrogens is 462 g/mol. The molecule has 188 valence electrons. The van der Waals surface area contributed by atoms with Gasteiger partial charge in [0, 0.05) is 36.5 Å². The first-order chi connectivity index (χ1) is 17.5. The highest BCUT2D eigenvalue weighted by Gasteiger charge is 2.31. The van der Waals surface area contributed by atoms with Crippen LogP contribution in [0.2, 0.25) is 0 Å². The zero-order chi connectivity index (χ0) is 25.1. The van der Waals surface area contributed by atoms with Gasteiger partial charge in [-0.25, -0.2) is 13.8 Å². The zero-order valence-corrected chi connectivity index (χ0v) is 20.1.